The quantitative estimate of drug-likeness (QED) is 0.0454. The highest BCUT2D eigenvalue weighted by atomic mass is 16.5. The van der Waals surface area contributed by atoms with Gasteiger partial charge in [0, 0.05) is 33.0 Å². The molecule has 0 spiro atoms. The molecule has 0 radical (unpaired) electrons. The van der Waals surface area contributed by atoms with E-state index in [0.29, 0.717) is 6.42 Å². The van der Waals surface area contributed by atoms with E-state index in [-0.39, 0.29) is 49.5 Å². The van der Waals surface area contributed by atoms with Crippen molar-refractivity contribution in [3.8, 4) is 0 Å². The molecule has 2 rings (SSSR count). The highest BCUT2D eigenvalue weighted by Gasteiger charge is 2.36. The summed E-state index contributed by atoms with van der Waals surface area (Å²) in [5.74, 6) is -9.91. The Balaban J connectivity index is 2.63. The van der Waals surface area contributed by atoms with Gasteiger partial charge in [0.15, 0.2) is 5.96 Å². The van der Waals surface area contributed by atoms with E-state index in [0.717, 1.165) is 16.0 Å². The molecule has 8 atom stereocenters. The topological polar surface area (TPSA) is 285 Å². The number of carboxylic acids is 2. The second-order valence-electron chi connectivity index (χ2n) is 14.6. The van der Waals surface area contributed by atoms with Gasteiger partial charge < -0.3 is 52.6 Å². The van der Waals surface area contributed by atoms with E-state index in [2.05, 4.69) is 26.3 Å². The van der Waals surface area contributed by atoms with Crippen LogP contribution in [0.2, 0.25) is 0 Å². The number of carbonyl (C=O) groups excluding carboxylic acids is 5. The van der Waals surface area contributed by atoms with Gasteiger partial charge in [0.1, 0.15) is 23.8 Å². The van der Waals surface area contributed by atoms with E-state index in [9.17, 15) is 43.8 Å². The predicted octanol–water partition coefficient (Wildman–Crippen LogP) is 0.973. The number of ether oxygens (including phenoxy) is 1. The van der Waals surface area contributed by atoms with E-state index >= 15 is 0 Å². The van der Waals surface area contributed by atoms with Gasteiger partial charge in [-0.2, -0.15) is 0 Å². The molecule has 0 aromatic heterocycles. The van der Waals surface area contributed by atoms with Crippen LogP contribution in [0.3, 0.4) is 0 Å². The van der Waals surface area contributed by atoms with Crippen molar-refractivity contribution >= 4 is 47.4 Å². The zero-order valence-corrected chi connectivity index (χ0v) is 34.8. The molecule has 1 aromatic rings. The monoisotopic (exact) mass is 824 g/mol. The molecule has 1 heterocycles. The number of nitrogens with two attached hydrogens (primary N) is 2. The maximum absolute atomic E-state index is 14.1. The predicted molar refractivity (Wildman–Crippen MR) is 220 cm³/mol. The molecule has 324 valence electrons. The van der Waals surface area contributed by atoms with Crippen molar-refractivity contribution in [2.45, 2.75) is 97.0 Å². The fourth-order valence-corrected chi connectivity index (χ4v) is 6.38. The number of carbonyl (C=O) groups is 7. The molecule has 1 saturated heterocycles. The van der Waals surface area contributed by atoms with E-state index in [4.69, 9.17) is 16.2 Å². The number of aliphatic carboxylic acids is 2. The zero-order valence-electron chi connectivity index (χ0n) is 34.8. The van der Waals surface area contributed by atoms with Gasteiger partial charge in [-0.15, -0.1) is 0 Å². The molecule has 0 bridgehead atoms. The summed E-state index contributed by atoms with van der Waals surface area (Å²) in [5.41, 5.74) is 12.5. The molecule has 1 aliphatic heterocycles. The molecule has 10 N–H and O–H groups in total. The highest BCUT2D eigenvalue weighted by molar-refractivity contribution is 6.00. The maximum atomic E-state index is 14.1. The number of aliphatic imine (C=N–C) groups is 1. The standard InChI is InChI=1S/C41H60N8O10/c1-8-31-38(54)48-34(40(57)58)26(5)36(52)46-29(15-12-20-44-41(42)43)37(53)45-28(25(4)35(51)47-30(39(55)56)18-19-33(50)49(31)6)17-16-23(2)21-24(3)32(59-7)22-27-13-10-9-11-14-27/h8-11,13-14,16-17,21,24-26,28-30,32,34H,12,15,18-20,22H2,1-7H3,(H,45,53)(H,46,52)(H,47,51)(H,48,54)(H,55,56)(H,57,58)(H4,42,43,44)/b17-16+,23-21-,31-8-/t24-,25-,26-,28?,29-,30+,32-,34+/m0/s1. The third-order valence-electron chi connectivity index (χ3n) is 10.1. The summed E-state index contributed by atoms with van der Waals surface area (Å²) in [7, 11) is 2.88. The fourth-order valence-electron chi connectivity index (χ4n) is 6.38. The Morgan fingerprint density at radius 2 is 1.61 bits per heavy atom. The first-order valence-electron chi connectivity index (χ1n) is 19.4. The molecule has 18 nitrogen and oxygen atoms in total. The van der Waals surface area contributed by atoms with Gasteiger partial charge in [0.25, 0.3) is 5.91 Å². The highest BCUT2D eigenvalue weighted by Crippen LogP contribution is 2.19. The van der Waals surface area contributed by atoms with Crippen molar-refractivity contribution in [2.75, 3.05) is 20.7 Å². The van der Waals surface area contributed by atoms with E-state index in [1.165, 1.54) is 33.9 Å². The van der Waals surface area contributed by atoms with Gasteiger partial charge >= 0.3 is 11.9 Å². The molecule has 5 amide bonds. The van der Waals surface area contributed by atoms with Crippen LogP contribution in [0.1, 0.15) is 65.9 Å². The summed E-state index contributed by atoms with van der Waals surface area (Å²) >= 11 is 0. The number of rotatable bonds is 13. The van der Waals surface area contributed by atoms with Gasteiger partial charge in [-0.25, -0.2) is 9.59 Å². The van der Waals surface area contributed by atoms with Crippen LogP contribution in [0.4, 0.5) is 0 Å². The number of amides is 5. The summed E-state index contributed by atoms with van der Waals surface area (Å²) in [6, 6.07) is 4.12. The summed E-state index contributed by atoms with van der Waals surface area (Å²) in [4.78, 5) is 97.5. The third kappa shape index (κ3) is 15.7. The SMILES string of the molecule is C/C=C1/C(=O)N[C@@H](C(=O)O)[C@H](C)C(=O)N[C@@H](CCCN=C(N)N)C(=O)NC(/C=C/C(C)=C\[C@H](C)[C@H](Cc2ccccc2)OC)[C@H](C)C(=O)N[C@@H](C(=O)O)CCC(=O)N1C. The van der Waals surface area contributed by atoms with Crippen molar-refractivity contribution < 1.29 is 48.5 Å². The maximum Gasteiger partial charge on any atom is 0.327 e. The van der Waals surface area contributed by atoms with Gasteiger partial charge in [0.05, 0.1) is 24.0 Å². The minimum atomic E-state index is -1.80. The van der Waals surface area contributed by atoms with E-state index in [1.807, 2.05) is 50.3 Å². The minimum absolute atomic E-state index is 0.0326. The normalized spacial score (nSPS) is 25.1. The van der Waals surface area contributed by atoms with Crippen LogP contribution in [-0.2, 0) is 44.7 Å². The lowest BCUT2D eigenvalue weighted by Gasteiger charge is -2.28. The number of guanidine groups is 1. The Bertz CT molecular complexity index is 1780. The number of benzene rings is 1. The van der Waals surface area contributed by atoms with Crippen molar-refractivity contribution in [1.29, 1.82) is 0 Å². The molecule has 1 aromatic carbocycles. The second kappa shape index (κ2) is 24.0. The summed E-state index contributed by atoms with van der Waals surface area (Å²) < 4.78 is 5.79. The Morgan fingerprint density at radius 1 is 0.966 bits per heavy atom. The van der Waals surface area contributed by atoms with Crippen molar-refractivity contribution in [1.82, 2.24) is 26.2 Å². The van der Waals surface area contributed by atoms with Gasteiger partial charge in [0.2, 0.25) is 23.6 Å². The number of carboxylic acid groups (broad SMARTS) is 2. The van der Waals surface area contributed by atoms with Gasteiger partial charge in [-0.3, -0.25) is 29.0 Å². The molecule has 1 aliphatic rings. The van der Waals surface area contributed by atoms with E-state index in [1.54, 1.807) is 19.3 Å². The molecule has 59 heavy (non-hydrogen) atoms. The summed E-state index contributed by atoms with van der Waals surface area (Å²) in [5, 5.41) is 30.2. The summed E-state index contributed by atoms with van der Waals surface area (Å²) in [6.07, 6.45) is 6.35. The van der Waals surface area contributed by atoms with Crippen molar-refractivity contribution in [2.24, 2.45) is 34.2 Å². The lowest BCUT2D eigenvalue weighted by atomic mass is 9.94. The van der Waals surface area contributed by atoms with Crippen LogP contribution >= 0.6 is 0 Å². The number of likely N-dealkylation sites (N-methyl/N-ethyl adjacent to an activating group) is 1. The zero-order chi connectivity index (χ0) is 44.4. The average molecular weight is 825 g/mol. The van der Waals surface area contributed by atoms with Crippen molar-refractivity contribution in [3.63, 3.8) is 0 Å². The molecular formula is C41H60N8O10. The number of nitrogens with zero attached hydrogens (tertiary/aromatic N) is 2. The van der Waals surface area contributed by atoms with Crippen LogP contribution in [0.25, 0.3) is 0 Å². The smallest absolute Gasteiger partial charge is 0.327 e. The molecule has 0 aliphatic carbocycles. The fraction of sp³-hybridized carbons (Fsp3) is 0.512. The molecule has 1 fully saturated rings. The van der Waals surface area contributed by atoms with Crippen LogP contribution in [0.5, 0.6) is 0 Å². The lowest BCUT2D eigenvalue weighted by molar-refractivity contribution is -0.146. The van der Waals surface area contributed by atoms with Gasteiger partial charge in [-0.1, -0.05) is 81.0 Å². The number of hydrogen-bond acceptors (Lipinski definition) is 9. The van der Waals surface area contributed by atoms with Crippen LogP contribution in [0, 0.1) is 17.8 Å². The first kappa shape index (κ1) is 49.1. The Hall–Kier alpha value is -6.04. The molecular weight excluding hydrogens is 764 g/mol. The van der Waals surface area contributed by atoms with Crippen LogP contribution in [-0.4, -0.2) is 114 Å². The summed E-state index contributed by atoms with van der Waals surface area (Å²) in [6.45, 7) is 8.07. The molecule has 1 unspecified atom stereocenters. The number of methoxy groups -OCH3 is 1. The van der Waals surface area contributed by atoms with Crippen molar-refractivity contribution in [3.05, 3.63) is 71.5 Å². The number of nitrogens with one attached hydrogen (secondary N) is 4. The van der Waals surface area contributed by atoms with Gasteiger partial charge in [-0.05, 0) is 45.1 Å². The van der Waals surface area contributed by atoms with Crippen LogP contribution < -0.4 is 32.7 Å². The molecule has 0 saturated carbocycles. The third-order valence-corrected chi connectivity index (χ3v) is 10.1. The van der Waals surface area contributed by atoms with Crippen LogP contribution in [0.15, 0.2) is 70.9 Å². The van der Waals surface area contributed by atoms with E-state index < -0.39 is 83.9 Å². The first-order valence-corrected chi connectivity index (χ1v) is 19.4. The lowest BCUT2D eigenvalue weighted by Crippen LogP contribution is -2.56. The Labute approximate surface area is 344 Å². The number of allylic oxidation sites excluding steroid dienone is 3. The Kier molecular flexibility index (Phi) is 20.0. The second-order valence-corrected chi connectivity index (χ2v) is 14.6. The minimum Gasteiger partial charge on any atom is -0.480 e. The number of hydrogen-bond donors (Lipinski definition) is 8. The Morgan fingerprint density at radius 3 is 2.19 bits per heavy atom. The largest absolute Gasteiger partial charge is 0.480 e. The first-order chi connectivity index (χ1) is 27.8. The average Bonchev–Trinajstić information content (AvgIpc) is 3.19. The molecule has 18 heteroatoms.